The number of rotatable bonds is 7. The van der Waals surface area contributed by atoms with Crippen molar-refractivity contribution in [1.29, 1.82) is 0 Å². The Morgan fingerprint density at radius 2 is 2.28 bits per heavy atom. The minimum atomic E-state index is -0.308. The summed E-state index contributed by atoms with van der Waals surface area (Å²) in [6.07, 6.45) is 0. The molecule has 0 aromatic carbocycles. The molecular formula is C10H17N5O3. The molecule has 1 rings (SSSR count). The van der Waals surface area contributed by atoms with Gasteiger partial charge in [0.1, 0.15) is 0 Å². The number of nitrogens with two attached hydrogens (primary N) is 1. The van der Waals surface area contributed by atoms with Gasteiger partial charge in [-0.2, -0.15) is 0 Å². The molecule has 0 atom stereocenters. The molecule has 0 radical (unpaired) electrons. The number of nitrogens with zero attached hydrogens (tertiary/aromatic N) is 3. The average Bonchev–Trinajstić information content (AvgIpc) is 2.43. The summed E-state index contributed by atoms with van der Waals surface area (Å²) in [7, 11) is 1.54. The summed E-state index contributed by atoms with van der Waals surface area (Å²) in [5.41, 5.74) is 2.52. The maximum Gasteiger partial charge on any atom is 0.274 e. The zero-order valence-corrected chi connectivity index (χ0v) is 10.2. The summed E-state index contributed by atoms with van der Waals surface area (Å²) < 4.78 is 4.90. The minimum absolute atomic E-state index is 0.120. The molecule has 4 N–H and O–H groups in total. The highest BCUT2D eigenvalue weighted by atomic mass is 16.5. The lowest BCUT2D eigenvalue weighted by atomic mass is 10.3. The predicted molar refractivity (Wildman–Crippen MR) is 64.7 cm³/mol. The normalized spacial score (nSPS) is 10.2. The second-order valence-corrected chi connectivity index (χ2v) is 3.46. The second kappa shape index (κ2) is 7.54. The molecule has 8 nitrogen and oxygen atoms in total. The number of hydrogen-bond donors (Lipinski definition) is 3. The Balaban J connectivity index is 2.73. The first-order chi connectivity index (χ1) is 8.72. The third-order valence-corrected chi connectivity index (χ3v) is 2.25. The van der Waals surface area contributed by atoms with Crippen LogP contribution in [-0.4, -0.2) is 59.5 Å². The van der Waals surface area contributed by atoms with Crippen LogP contribution in [0.4, 0.5) is 5.82 Å². The molecule has 0 fully saturated rings. The molecule has 0 saturated heterocycles. The van der Waals surface area contributed by atoms with Gasteiger partial charge in [-0.15, -0.1) is 10.2 Å². The number of anilines is 1. The third kappa shape index (κ3) is 3.91. The predicted octanol–water partition coefficient (Wildman–Crippen LogP) is -1.16. The van der Waals surface area contributed by atoms with Crippen molar-refractivity contribution in [3.8, 4) is 0 Å². The van der Waals surface area contributed by atoms with Crippen LogP contribution in [0.3, 0.4) is 0 Å². The van der Waals surface area contributed by atoms with Gasteiger partial charge < -0.3 is 20.2 Å². The van der Waals surface area contributed by atoms with Crippen molar-refractivity contribution in [2.75, 3.05) is 38.8 Å². The van der Waals surface area contributed by atoms with Crippen LogP contribution in [0.25, 0.3) is 0 Å². The van der Waals surface area contributed by atoms with Crippen LogP contribution in [-0.2, 0) is 4.74 Å². The summed E-state index contributed by atoms with van der Waals surface area (Å²) in [5.74, 6) is 5.22. The smallest absolute Gasteiger partial charge is 0.274 e. The lowest BCUT2D eigenvalue weighted by Gasteiger charge is -2.20. The van der Waals surface area contributed by atoms with Gasteiger partial charge in [-0.1, -0.05) is 0 Å². The van der Waals surface area contributed by atoms with Gasteiger partial charge in [0.15, 0.2) is 11.5 Å². The number of carbonyl (C=O) groups is 1. The maximum absolute atomic E-state index is 12.0. The van der Waals surface area contributed by atoms with Crippen LogP contribution < -0.4 is 11.3 Å². The number of aliphatic hydroxyl groups excluding tert-OH is 1. The van der Waals surface area contributed by atoms with Gasteiger partial charge in [0, 0.05) is 20.2 Å². The van der Waals surface area contributed by atoms with E-state index in [0.29, 0.717) is 19.0 Å². The van der Waals surface area contributed by atoms with E-state index in [-0.39, 0.29) is 24.8 Å². The monoisotopic (exact) mass is 255 g/mol. The number of nitrogen functional groups attached to an aromatic ring is 1. The quantitative estimate of drug-likeness (QED) is 0.416. The fourth-order valence-electron chi connectivity index (χ4n) is 1.32. The third-order valence-electron chi connectivity index (χ3n) is 2.25. The van der Waals surface area contributed by atoms with Gasteiger partial charge in [-0.05, 0) is 12.1 Å². The van der Waals surface area contributed by atoms with Crippen molar-refractivity contribution >= 4 is 11.7 Å². The Bertz CT molecular complexity index is 370. The van der Waals surface area contributed by atoms with E-state index in [2.05, 4.69) is 15.6 Å². The molecule has 1 aromatic rings. The Labute approximate surface area is 105 Å². The lowest BCUT2D eigenvalue weighted by Crippen LogP contribution is -2.36. The molecule has 0 saturated carbocycles. The van der Waals surface area contributed by atoms with E-state index in [4.69, 9.17) is 15.7 Å². The Hall–Kier alpha value is -1.77. The van der Waals surface area contributed by atoms with E-state index < -0.39 is 0 Å². The molecule has 100 valence electrons. The van der Waals surface area contributed by atoms with Gasteiger partial charge in [0.05, 0.1) is 13.2 Å². The first-order valence-electron chi connectivity index (χ1n) is 5.42. The summed E-state index contributed by atoms with van der Waals surface area (Å²) in [4.78, 5) is 13.5. The number of nitrogens with one attached hydrogen (secondary N) is 1. The van der Waals surface area contributed by atoms with E-state index in [0.717, 1.165) is 0 Å². The van der Waals surface area contributed by atoms with Gasteiger partial charge in [-0.25, -0.2) is 5.84 Å². The van der Waals surface area contributed by atoms with Crippen LogP contribution in [0.15, 0.2) is 12.1 Å². The van der Waals surface area contributed by atoms with Crippen molar-refractivity contribution in [2.24, 2.45) is 5.84 Å². The summed E-state index contributed by atoms with van der Waals surface area (Å²) >= 11 is 0. The Kier molecular flexibility index (Phi) is 5.98. The zero-order valence-electron chi connectivity index (χ0n) is 10.2. The highest BCUT2D eigenvalue weighted by molar-refractivity contribution is 5.92. The summed E-state index contributed by atoms with van der Waals surface area (Å²) in [6, 6.07) is 3.06. The molecule has 8 heteroatoms. The van der Waals surface area contributed by atoms with E-state index >= 15 is 0 Å². The number of hydrazine groups is 1. The van der Waals surface area contributed by atoms with Crippen molar-refractivity contribution in [3.05, 3.63) is 17.8 Å². The Morgan fingerprint density at radius 3 is 2.78 bits per heavy atom. The molecule has 18 heavy (non-hydrogen) atoms. The van der Waals surface area contributed by atoms with Crippen molar-refractivity contribution in [1.82, 2.24) is 15.1 Å². The van der Waals surface area contributed by atoms with Crippen molar-refractivity contribution in [2.45, 2.75) is 0 Å². The first kappa shape index (κ1) is 14.3. The molecule has 0 bridgehead atoms. The van der Waals surface area contributed by atoms with Crippen LogP contribution >= 0.6 is 0 Å². The van der Waals surface area contributed by atoms with E-state index in [1.54, 1.807) is 13.2 Å². The van der Waals surface area contributed by atoms with E-state index in [1.807, 2.05) is 0 Å². The van der Waals surface area contributed by atoms with E-state index in [1.165, 1.54) is 11.0 Å². The molecule has 1 amide bonds. The van der Waals surface area contributed by atoms with Crippen LogP contribution in [0.1, 0.15) is 10.5 Å². The number of aliphatic hydroxyl groups is 1. The SMILES string of the molecule is COCCN(CCO)C(=O)c1ccc(NN)nn1. The fraction of sp³-hybridized carbons (Fsp3) is 0.500. The van der Waals surface area contributed by atoms with Gasteiger partial charge in [0.2, 0.25) is 0 Å². The first-order valence-corrected chi connectivity index (χ1v) is 5.42. The highest BCUT2D eigenvalue weighted by Gasteiger charge is 2.16. The topological polar surface area (TPSA) is 114 Å². The summed E-state index contributed by atoms with van der Waals surface area (Å²) in [5, 5.41) is 16.4. The van der Waals surface area contributed by atoms with Crippen molar-refractivity contribution < 1.29 is 14.6 Å². The largest absolute Gasteiger partial charge is 0.395 e. The zero-order chi connectivity index (χ0) is 13.4. The molecule has 0 aliphatic heterocycles. The number of methoxy groups -OCH3 is 1. The van der Waals surface area contributed by atoms with Gasteiger partial charge in [0.25, 0.3) is 5.91 Å². The van der Waals surface area contributed by atoms with Gasteiger partial charge in [-0.3, -0.25) is 4.79 Å². The number of carbonyl (C=O) groups excluding carboxylic acids is 1. The van der Waals surface area contributed by atoms with E-state index in [9.17, 15) is 4.79 Å². The van der Waals surface area contributed by atoms with Crippen LogP contribution in [0.5, 0.6) is 0 Å². The maximum atomic E-state index is 12.0. The molecule has 1 heterocycles. The highest BCUT2D eigenvalue weighted by Crippen LogP contribution is 2.04. The number of aromatic nitrogens is 2. The molecular weight excluding hydrogens is 238 g/mol. The average molecular weight is 255 g/mol. The van der Waals surface area contributed by atoms with Crippen LogP contribution in [0.2, 0.25) is 0 Å². The number of hydrogen-bond acceptors (Lipinski definition) is 7. The fourth-order valence-corrected chi connectivity index (χ4v) is 1.32. The second-order valence-electron chi connectivity index (χ2n) is 3.46. The van der Waals surface area contributed by atoms with Gasteiger partial charge >= 0.3 is 0 Å². The standard InChI is InChI=1S/C10H17N5O3/c1-18-7-5-15(4-6-16)10(17)8-2-3-9(12-11)14-13-8/h2-3,16H,4-7,11H2,1H3,(H,12,14). The lowest BCUT2D eigenvalue weighted by molar-refractivity contribution is 0.0649. The molecule has 0 unspecified atom stereocenters. The minimum Gasteiger partial charge on any atom is -0.395 e. The summed E-state index contributed by atoms with van der Waals surface area (Å²) in [6.45, 7) is 0.877. The molecule has 1 aromatic heterocycles. The molecule has 0 spiro atoms. The molecule has 0 aliphatic carbocycles. The Morgan fingerprint density at radius 1 is 1.50 bits per heavy atom. The number of ether oxygens (including phenoxy) is 1. The number of amides is 1. The molecule has 0 aliphatic rings. The van der Waals surface area contributed by atoms with Crippen molar-refractivity contribution in [3.63, 3.8) is 0 Å². The van der Waals surface area contributed by atoms with Crippen LogP contribution in [0, 0.1) is 0 Å².